The predicted octanol–water partition coefficient (Wildman–Crippen LogP) is 2.98. The van der Waals surface area contributed by atoms with Crippen molar-refractivity contribution in [2.24, 2.45) is 0 Å². The van der Waals surface area contributed by atoms with Gasteiger partial charge in [0.15, 0.2) is 5.82 Å². The second-order valence-electron chi connectivity index (χ2n) is 4.07. The fraction of sp³-hybridized carbons (Fsp3) is 0.385. The molecule has 0 aliphatic heterocycles. The average Bonchev–Trinajstić information content (AvgIpc) is 2.87. The molecule has 2 rings (SSSR count). The third-order valence-electron chi connectivity index (χ3n) is 2.67. The van der Waals surface area contributed by atoms with E-state index in [4.69, 9.17) is 20.9 Å². The van der Waals surface area contributed by atoms with Crippen LogP contribution in [-0.4, -0.2) is 23.4 Å². The summed E-state index contributed by atoms with van der Waals surface area (Å²) in [5, 5.41) is 3.49. The number of nitrogens with zero attached hydrogens (tertiary/aromatic N) is 2. The Bertz CT molecular complexity index is 487. The van der Waals surface area contributed by atoms with E-state index in [1.54, 1.807) is 7.11 Å². The Morgan fingerprint density at radius 1 is 1.33 bits per heavy atom. The first-order valence-electron chi connectivity index (χ1n) is 5.75. The van der Waals surface area contributed by atoms with Gasteiger partial charge in [-0.1, -0.05) is 35.5 Å². The minimum absolute atomic E-state index is 0.0564. The Morgan fingerprint density at radius 2 is 2.06 bits per heavy atom. The normalized spacial score (nSPS) is 14.4. The molecule has 1 heterocycles. The first kappa shape index (κ1) is 13.1. The smallest absolute Gasteiger partial charge is 0.249 e. The van der Waals surface area contributed by atoms with Gasteiger partial charge in [0, 0.05) is 13.5 Å². The van der Waals surface area contributed by atoms with E-state index < -0.39 is 5.38 Å². The van der Waals surface area contributed by atoms with Crippen molar-refractivity contribution in [3.8, 4) is 0 Å². The molecular formula is C13H15ClN2O2. The lowest BCUT2D eigenvalue weighted by molar-refractivity contribution is 0.116. The fourth-order valence-electron chi connectivity index (χ4n) is 1.56. The number of hydrogen-bond acceptors (Lipinski definition) is 4. The topological polar surface area (TPSA) is 48.2 Å². The molecule has 2 unspecified atom stereocenters. The van der Waals surface area contributed by atoms with Crippen LogP contribution < -0.4 is 0 Å². The van der Waals surface area contributed by atoms with Gasteiger partial charge in [-0.15, -0.1) is 11.6 Å². The van der Waals surface area contributed by atoms with Crippen LogP contribution in [-0.2, 0) is 11.2 Å². The highest BCUT2D eigenvalue weighted by atomic mass is 35.5. The Hall–Kier alpha value is -1.39. The highest BCUT2D eigenvalue weighted by Crippen LogP contribution is 2.27. The van der Waals surface area contributed by atoms with Crippen molar-refractivity contribution >= 4 is 11.6 Å². The van der Waals surface area contributed by atoms with Crippen molar-refractivity contribution in [3.05, 3.63) is 47.6 Å². The van der Waals surface area contributed by atoms with Crippen molar-refractivity contribution in [2.45, 2.75) is 24.8 Å². The molecule has 0 saturated heterocycles. The number of ether oxygens (including phenoxy) is 1. The largest absolute Gasteiger partial charge is 0.381 e. The van der Waals surface area contributed by atoms with E-state index in [1.807, 2.05) is 37.3 Å². The van der Waals surface area contributed by atoms with Crippen LogP contribution in [0.1, 0.15) is 29.6 Å². The first-order valence-corrected chi connectivity index (χ1v) is 6.18. The molecule has 0 bridgehead atoms. The van der Waals surface area contributed by atoms with Gasteiger partial charge >= 0.3 is 0 Å². The summed E-state index contributed by atoms with van der Waals surface area (Å²) in [4.78, 5) is 4.28. The summed E-state index contributed by atoms with van der Waals surface area (Å²) < 4.78 is 10.3. The molecule has 0 radical (unpaired) electrons. The number of alkyl halides is 1. The van der Waals surface area contributed by atoms with E-state index in [2.05, 4.69) is 10.1 Å². The van der Waals surface area contributed by atoms with Crippen molar-refractivity contribution < 1.29 is 9.26 Å². The molecule has 1 aromatic heterocycles. The second-order valence-corrected chi connectivity index (χ2v) is 4.51. The van der Waals surface area contributed by atoms with Crippen LogP contribution in [0.25, 0.3) is 0 Å². The molecule has 0 fully saturated rings. The summed E-state index contributed by atoms with van der Waals surface area (Å²) in [5.74, 6) is 1.03. The van der Waals surface area contributed by atoms with Crippen LogP contribution in [0.5, 0.6) is 0 Å². The molecular weight excluding hydrogens is 252 g/mol. The molecule has 0 spiro atoms. The van der Waals surface area contributed by atoms with Crippen molar-refractivity contribution in [1.29, 1.82) is 0 Å². The third kappa shape index (κ3) is 3.09. The monoisotopic (exact) mass is 266 g/mol. The minimum Gasteiger partial charge on any atom is -0.381 e. The summed E-state index contributed by atoms with van der Waals surface area (Å²) in [5.41, 5.74) is 0.939. The van der Waals surface area contributed by atoms with Gasteiger partial charge in [-0.25, -0.2) is 0 Å². The van der Waals surface area contributed by atoms with Gasteiger partial charge in [0.1, 0.15) is 5.38 Å². The standard InChI is InChI=1S/C13H15ClN2O2/c1-9(17-2)8-11-15-13(18-16-11)12(14)10-6-4-3-5-7-10/h3-7,9,12H,8H2,1-2H3. The average molecular weight is 267 g/mol. The van der Waals surface area contributed by atoms with E-state index in [0.29, 0.717) is 18.1 Å². The number of aromatic nitrogens is 2. The maximum Gasteiger partial charge on any atom is 0.249 e. The van der Waals surface area contributed by atoms with Gasteiger partial charge in [0.2, 0.25) is 5.89 Å². The van der Waals surface area contributed by atoms with E-state index in [1.165, 1.54) is 0 Å². The van der Waals surface area contributed by atoms with Gasteiger partial charge in [0.25, 0.3) is 0 Å². The number of rotatable bonds is 5. The fourth-order valence-corrected chi connectivity index (χ4v) is 1.79. The van der Waals surface area contributed by atoms with Gasteiger partial charge < -0.3 is 9.26 Å². The van der Waals surface area contributed by atoms with Gasteiger partial charge in [-0.3, -0.25) is 0 Å². The van der Waals surface area contributed by atoms with Gasteiger partial charge in [-0.2, -0.15) is 4.98 Å². The van der Waals surface area contributed by atoms with E-state index in [9.17, 15) is 0 Å². The molecule has 1 aromatic carbocycles. The lowest BCUT2D eigenvalue weighted by Crippen LogP contribution is -2.09. The van der Waals surface area contributed by atoms with Crippen LogP contribution in [0.3, 0.4) is 0 Å². The highest BCUT2D eigenvalue weighted by Gasteiger charge is 2.18. The Labute approximate surface area is 111 Å². The van der Waals surface area contributed by atoms with Crippen LogP contribution >= 0.6 is 11.6 Å². The van der Waals surface area contributed by atoms with Crippen molar-refractivity contribution in [1.82, 2.24) is 10.1 Å². The lowest BCUT2D eigenvalue weighted by atomic mass is 10.1. The maximum absolute atomic E-state index is 6.29. The Kier molecular flexibility index (Phi) is 4.33. The second kappa shape index (κ2) is 5.98. The lowest BCUT2D eigenvalue weighted by Gasteiger charge is -2.04. The van der Waals surface area contributed by atoms with Crippen LogP contribution in [0.4, 0.5) is 0 Å². The predicted molar refractivity (Wildman–Crippen MR) is 68.6 cm³/mol. The Balaban J connectivity index is 2.10. The molecule has 2 atom stereocenters. The van der Waals surface area contributed by atoms with E-state index in [0.717, 1.165) is 5.56 Å². The number of methoxy groups -OCH3 is 1. The third-order valence-corrected chi connectivity index (χ3v) is 3.10. The van der Waals surface area contributed by atoms with Crippen molar-refractivity contribution in [2.75, 3.05) is 7.11 Å². The minimum atomic E-state index is -0.412. The van der Waals surface area contributed by atoms with E-state index >= 15 is 0 Å². The maximum atomic E-state index is 6.29. The highest BCUT2D eigenvalue weighted by molar-refractivity contribution is 6.22. The van der Waals surface area contributed by atoms with Crippen molar-refractivity contribution in [3.63, 3.8) is 0 Å². The quantitative estimate of drug-likeness (QED) is 0.781. The molecule has 0 aliphatic carbocycles. The molecule has 2 aromatic rings. The zero-order chi connectivity index (χ0) is 13.0. The summed E-state index contributed by atoms with van der Waals surface area (Å²) in [7, 11) is 1.65. The van der Waals surface area contributed by atoms with E-state index in [-0.39, 0.29) is 6.10 Å². The number of halogens is 1. The first-order chi connectivity index (χ1) is 8.70. The zero-order valence-corrected chi connectivity index (χ0v) is 11.1. The number of hydrogen-bond donors (Lipinski definition) is 0. The molecule has 96 valence electrons. The SMILES string of the molecule is COC(C)Cc1noc(C(Cl)c2ccccc2)n1. The zero-order valence-electron chi connectivity index (χ0n) is 10.3. The summed E-state index contributed by atoms with van der Waals surface area (Å²) >= 11 is 6.29. The molecule has 0 aliphatic rings. The summed E-state index contributed by atoms with van der Waals surface area (Å²) in [6, 6.07) is 9.65. The summed E-state index contributed by atoms with van der Waals surface area (Å²) in [6.45, 7) is 1.95. The molecule has 5 heteroatoms. The molecule has 0 N–H and O–H groups in total. The molecule has 0 amide bonds. The molecule has 18 heavy (non-hydrogen) atoms. The molecule has 4 nitrogen and oxygen atoms in total. The molecule has 0 saturated carbocycles. The van der Waals surface area contributed by atoms with Crippen LogP contribution in [0.15, 0.2) is 34.9 Å². The number of benzene rings is 1. The van der Waals surface area contributed by atoms with Crippen LogP contribution in [0.2, 0.25) is 0 Å². The van der Waals surface area contributed by atoms with Gasteiger partial charge in [-0.05, 0) is 12.5 Å². The van der Waals surface area contributed by atoms with Gasteiger partial charge in [0.05, 0.1) is 6.10 Å². The Morgan fingerprint density at radius 3 is 2.72 bits per heavy atom. The summed E-state index contributed by atoms with van der Waals surface area (Å²) in [6.07, 6.45) is 0.666. The van der Waals surface area contributed by atoms with Crippen LogP contribution in [0, 0.1) is 0 Å².